The van der Waals surface area contributed by atoms with E-state index >= 15 is 0 Å². The summed E-state index contributed by atoms with van der Waals surface area (Å²) in [7, 11) is 0. The van der Waals surface area contributed by atoms with E-state index in [2.05, 4.69) is 64.2 Å². The Kier molecular flexibility index (Phi) is 5.45. The molecule has 0 bridgehead atoms. The van der Waals surface area contributed by atoms with Crippen LogP contribution >= 0.6 is 0 Å². The highest BCUT2D eigenvalue weighted by Gasteiger charge is 2.48. The second kappa shape index (κ2) is 6.93. The molecule has 1 aliphatic rings. The molecule has 2 heteroatoms. The molecule has 0 aliphatic heterocycles. The van der Waals surface area contributed by atoms with E-state index in [4.69, 9.17) is 4.74 Å². The van der Waals surface area contributed by atoms with Crippen molar-refractivity contribution in [3.63, 3.8) is 0 Å². The fourth-order valence-electron chi connectivity index (χ4n) is 3.09. The minimum Gasteiger partial charge on any atom is -0.377 e. The standard InChI is InChI=1S/C19H31NO/c1-14(2)13-21-18-12-17(19(18,4)5)20-11-10-16-9-7-6-8-15(16)3/h6-9,14,17-18,20H,10-13H2,1-5H3. The maximum absolute atomic E-state index is 6.03. The molecule has 0 aromatic heterocycles. The molecule has 118 valence electrons. The van der Waals surface area contributed by atoms with Gasteiger partial charge in [0.05, 0.1) is 6.10 Å². The van der Waals surface area contributed by atoms with Crippen molar-refractivity contribution in [2.24, 2.45) is 11.3 Å². The maximum Gasteiger partial charge on any atom is 0.0656 e. The molecule has 2 nitrogen and oxygen atoms in total. The van der Waals surface area contributed by atoms with Gasteiger partial charge in [0, 0.05) is 18.1 Å². The minimum atomic E-state index is 0.251. The van der Waals surface area contributed by atoms with Gasteiger partial charge < -0.3 is 10.1 Å². The molecule has 1 fully saturated rings. The van der Waals surface area contributed by atoms with Crippen molar-refractivity contribution >= 4 is 0 Å². The Bertz CT molecular complexity index is 453. The quantitative estimate of drug-likeness (QED) is 0.820. The van der Waals surface area contributed by atoms with Gasteiger partial charge in [-0.15, -0.1) is 0 Å². The van der Waals surface area contributed by atoms with Crippen LogP contribution in [0.3, 0.4) is 0 Å². The Morgan fingerprint density at radius 2 is 2.00 bits per heavy atom. The molecule has 2 rings (SSSR count). The van der Waals surface area contributed by atoms with Crippen LogP contribution in [-0.2, 0) is 11.2 Å². The number of hydrogen-bond acceptors (Lipinski definition) is 2. The first-order valence-electron chi connectivity index (χ1n) is 8.30. The van der Waals surface area contributed by atoms with Crippen molar-refractivity contribution in [1.82, 2.24) is 5.32 Å². The Labute approximate surface area is 130 Å². The third-order valence-electron chi connectivity index (χ3n) is 4.85. The van der Waals surface area contributed by atoms with E-state index in [1.807, 2.05) is 0 Å². The molecule has 1 aromatic carbocycles. The summed E-state index contributed by atoms with van der Waals surface area (Å²) in [6, 6.07) is 9.25. The lowest BCUT2D eigenvalue weighted by molar-refractivity contribution is -0.123. The van der Waals surface area contributed by atoms with Gasteiger partial charge in [-0.2, -0.15) is 0 Å². The lowest BCUT2D eigenvalue weighted by Gasteiger charge is -2.52. The molecule has 0 radical (unpaired) electrons. The van der Waals surface area contributed by atoms with E-state index in [-0.39, 0.29) is 5.41 Å². The van der Waals surface area contributed by atoms with Crippen LogP contribution in [0.4, 0.5) is 0 Å². The van der Waals surface area contributed by atoms with E-state index in [0.717, 1.165) is 26.0 Å². The summed E-state index contributed by atoms with van der Waals surface area (Å²) in [5.74, 6) is 0.619. The molecular weight excluding hydrogens is 258 g/mol. The van der Waals surface area contributed by atoms with Gasteiger partial charge in [-0.1, -0.05) is 52.0 Å². The summed E-state index contributed by atoms with van der Waals surface area (Å²) in [5.41, 5.74) is 3.10. The first-order valence-corrected chi connectivity index (χ1v) is 8.30. The molecule has 1 aromatic rings. The van der Waals surface area contributed by atoms with Crippen molar-refractivity contribution in [2.45, 2.75) is 59.6 Å². The molecule has 21 heavy (non-hydrogen) atoms. The van der Waals surface area contributed by atoms with Gasteiger partial charge in [0.25, 0.3) is 0 Å². The summed E-state index contributed by atoms with van der Waals surface area (Å²) >= 11 is 0. The van der Waals surface area contributed by atoms with Gasteiger partial charge >= 0.3 is 0 Å². The van der Waals surface area contributed by atoms with Gasteiger partial charge in [0.15, 0.2) is 0 Å². The SMILES string of the molecule is Cc1ccccc1CCNC1CC(OCC(C)C)C1(C)C. The highest BCUT2D eigenvalue weighted by Crippen LogP contribution is 2.42. The van der Waals surface area contributed by atoms with Crippen LogP contribution in [-0.4, -0.2) is 25.3 Å². The first-order chi connectivity index (χ1) is 9.91. The monoisotopic (exact) mass is 289 g/mol. The van der Waals surface area contributed by atoms with Gasteiger partial charge in [-0.05, 0) is 43.4 Å². The maximum atomic E-state index is 6.03. The van der Waals surface area contributed by atoms with Crippen LogP contribution in [0, 0.1) is 18.3 Å². The third-order valence-corrected chi connectivity index (χ3v) is 4.85. The number of rotatable bonds is 7. The van der Waals surface area contributed by atoms with Gasteiger partial charge in [0.1, 0.15) is 0 Å². The van der Waals surface area contributed by atoms with E-state index in [1.165, 1.54) is 11.1 Å². The summed E-state index contributed by atoms with van der Waals surface area (Å²) in [4.78, 5) is 0. The second-order valence-corrected chi connectivity index (χ2v) is 7.46. The van der Waals surface area contributed by atoms with Gasteiger partial charge in [-0.3, -0.25) is 0 Å². The topological polar surface area (TPSA) is 21.3 Å². The lowest BCUT2D eigenvalue weighted by Crippen LogP contribution is -2.61. The van der Waals surface area contributed by atoms with Crippen molar-refractivity contribution in [2.75, 3.05) is 13.2 Å². The normalized spacial score (nSPS) is 24.1. The van der Waals surface area contributed by atoms with Crippen LogP contribution in [0.1, 0.15) is 45.2 Å². The molecule has 1 aliphatic carbocycles. The summed E-state index contributed by atoms with van der Waals surface area (Å²) in [6.45, 7) is 13.2. The predicted molar refractivity (Wildman–Crippen MR) is 89.6 cm³/mol. The Hall–Kier alpha value is -0.860. The Balaban J connectivity index is 1.74. The molecule has 2 atom stereocenters. The zero-order valence-corrected chi connectivity index (χ0v) is 14.3. The van der Waals surface area contributed by atoms with Crippen LogP contribution in [0.15, 0.2) is 24.3 Å². The second-order valence-electron chi connectivity index (χ2n) is 7.46. The van der Waals surface area contributed by atoms with Crippen molar-refractivity contribution in [3.8, 4) is 0 Å². The smallest absolute Gasteiger partial charge is 0.0656 e. The predicted octanol–water partition coefficient (Wildman–Crippen LogP) is 3.97. The highest BCUT2D eigenvalue weighted by atomic mass is 16.5. The minimum absolute atomic E-state index is 0.251. The zero-order valence-electron chi connectivity index (χ0n) is 14.3. The third kappa shape index (κ3) is 4.08. The zero-order chi connectivity index (χ0) is 15.5. The molecule has 0 saturated heterocycles. The summed E-state index contributed by atoms with van der Waals surface area (Å²) in [6.07, 6.45) is 2.67. The molecule has 0 spiro atoms. The average molecular weight is 289 g/mol. The van der Waals surface area contributed by atoms with Crippen molar-refractivity contribution in [3.05, 3.63) is 35.4 Å². The van der Waals surface area contributed by atoms with Gasteiger partial charge in [0.2, 0.25) is 0 Å². The number of ether oxygens (including phenoxy) is 1. The molecule has 1 N–H and O–H groups in total. The average Bonchev–Trinajstić information content (AvgIpc) is 2.42. The van der Waals surface area contributed by atoms with E-state index in [1.54, 1.807) is 0 Å². The Morgan fingerprint density at radius 3 is 2.62 bits per heavy atom. The molecule has 0 heterocycles. The first kappa shape index (κ1) is 16.5. The van der Waals surface area contributed by atoms with Crippen molar-refractivity contribution in [1.29, 1.82) is 0 Å². The number of aryl methyl sites for hydroxylation is 1. The molecular formula is C19H31NO. The summed E-state index contributed by atoms with van der Waals surface area (Å²) in [5, 5.41) is 3.72. The molecule has 0 amide bonds. The van der Waals surface area contributed by atoms with Crippen molar-refractivity contribution < 1.29 is 4.74 Å². The van der Waals surface area contributed by atoms with E-state index < -0.39 is 0 Å². The lowest BCUT2D eigenvalue weighted by atomic mass is 9.64. The number of hydrogen-bond donors (Lipinski definition) is 1. The number of benzene rings is 1. The van der Waals surface area contributed by atoms with Gasteiger partial charge in [-0.25, -0.2) is 0 Å². The number of nitrogens with one attached hydrogen (secondary N) is 1. The molecule has 2 unspecified atom stereocenters. The van der Waals surface area contributed by atoms with E-state index in [0.29, 0.717) is 18.1 Å². The van der Waals surface area contributed by atoms with Crippen LogP contribution in [0.2, 0.25) is 0 Å². The van der Waals surface area contributed by atoms with E-state index in [9.17, 15) is 0 Å². The van der Waals surface area contributed by atoms with Crippen LogP contribution < -0.4 is 5.32 Å². The van der Waals surface area contributed by atoms with Crippen LogP contribution in [0.5, 0.6) is 0 Å². The molecule has 1 saturated carbocycles. The van der Waals surface area contributed by atoms with Crippen LogP contribution in [0.25, 0.3) is 0 Å². The summed E-state index contributed by atoms with van der Waals surface area (Å²) < 4.78 is 6.03. The fourth-order valence-corrected chi connectivity index (χ4v) is 3.09. The fraction of sp³-hybridized carbons (Fsp3) is 0.684. The Morgan fingerprint density at radius 1 is 1.29 bits per heavy atom. The highest BCUT2D eigenvalue weighted by molar-refractivity contribution is 5.25. The largest absolute Gasteiger partial charge is 0.377 e.